The van der Waals surface area contributed by atoms with E-state index in [1.54, 1.807) is 15.9 Å². The fourth-order valence-electron chi connectivity index (χ4n) is 4.06. The Morgan fingerprint density at radius 2 is 1.87 bits per heavy atom. The first-order valence-electron chi connectivity index (χ1n) is 9.76. The topological polar surface area (TPSA) is 69.7 Å². The summed E-state index contributed by atoms with van der Waals surface area (Å²) >= 11 is 0. The molecular formula is C22H21F2N3O3. The fourth-order valence-corrected chi connectivity index (χ4v) is 4.06. The summed E-state index contributed by atoms with van der Waals surface area (Å²) in [6, 6.07) is 8.60. The Kier molecular flexibility index (Phi) is 5.24. The number of amides is 3. The van der Waals surface area contributed by atoms with Crippen molar-refractivity contribution in [1.29, 1.82) is 0 Å². The predicted molar refractivity (Wildman–Crippen MR) is 107 cm³/mol. The number of halogens is 2. The molecule has 0 spiro atoms. The number of anilines is 2. The summed E-state index contributed by atoms with van der Waals surface area (Å²) in [5, 5.41) is 2.65. The maximum atomic E-state index is 13.3. The fraction of sp³-hybridized carbons (Fsp3) is 0.318. The van der Waals surface area contributed by atoms with E-state index >= 15 is 0 Å². The lowest BCUT2D eigenvalue weighted by Crippen LogP contribution is -2.32. The molecule has 0 radical (unpaired) electrons. The van der Waals surface area contributed by atoms with Crippen LogP contribution in [0.3, 0.4) is 0 Å². The highest BCUT2D eigenvalue weighted by molar-refractivity contribution is 6.01. The molecule has 1 fully saturated rings. The Balaban J connectivity index is 1.42. The molecule has 2 aliphatic rings. The molecule has 2 aromatic carbocycles. The molecule has 1 N–H and O–H groups in total. The van der Waals surface area contributed by atoms with Gasteiger partial charge in [0.15, 0.2) is 0 Å². The lowest BCUT2D eigenvalue weighted by atomic mass is 10.1. The molecule has 1 atom stereocenters. The van der Waals surface area contributed by atoms with Gasteiger partial charge >= 0.3 is 0 Å². The van der Waals surface area contributed by atoms with Gasteiger partial charge in [-0.05, 0) is 47.9 Å². The van der Waals surface area contributed by atoms with Crippen LogP contribution in [0, 0.1) is 17.6 Å². The van der Waals surface area contributed by atoms with Crippen LogP contribution in [0.25, 0.3) is 0 Å². The first-order chi connectivity index (χ1) is 14.3. The van der Waals surface area contributed by atoms with Crippen molar-refractivity contribution < 1.29 is 23.2 Å². The average Bonchev–Trinajstić information content (AvgIpc) is 3.28. The van der Waals surface area contributed by atoms with Crippen molar-refractivity contribution in [2.45, 2.75) is 26.3 Å². The zero-order valence-electron chi connectivity index (χ0n) is 16.5. The molecule has 6 nitrogen and oxygen atoms in total. The van der Waals surface area contributed by atoms with E-state index in [4.69, 9.17) is 0 Å². The second kappa shape index (κ2) is 7.85. The van der Waals surface area contributed by atoms with Crippen molar-refractivity contribution in [2.75, 3.05) is 22.9 Å². The van der Waals surface area contributed by atoms with Gasteiger partial charge in [0, 0.05) is 50.4 Å². The summed E-state index contributed by atoms with van der Waals surface area (Å²) < 4.78 is 26.6. The van der Waals surface area contributed by atoms with Crippen LogP contribution in [0.5, 0.6) is 0 Å². The number of rotatable bonds is 4. The maximum absolute atomic E-state index is 13.3. The monoisotopic (exact) mass is 413 g/mol. The van der Waals surface area contributed by atoms with Gasteiger partial charge in [-0.1, -0.05) is 0 Å². The van der Waals surface area contributed by atoms with Gasteiger partial charge in [0.25, 0.3) is 0 Å². The molecule has 3 amide bonds. The van der Waals surface area contributed by atoms with E-state index in [0.717, 1.165) is 35.9 Å². The minimum Gasteiger partial charge on any atom is -0.352 e. The molecular weight excluding hydrogens is 392 g/mol. The van der Waals surface area contributed by atoms with Gasteiger partial charge in [-0.15, -0.1) is 0 Å². The first-order valence-corrected chi connectivity index (χ1v) is 9.76. The predicted octanol–water partition coefficient (Wildman–Crippen LogP) is 2.54. The van der Waals surface area contributed by atoms with E-state index in [0.29, 0.717) is 17.8 Å². The molecule has 1 unspecified atom stereocenters. The number of benzene rings is 2. The molecule has 0 aromatic heterocycles. The molecule has 2 aliphatic heterocycles. The summed E-state index contributed by atoms with van der Waals surface area (Å²) in [7, 11) is 0. The summed E-state index contributed by atoms with van der Waals surface area (Å²) in [5.41, 5.74) is 2.87. The molecule has 8 heteroatoms. The highest BCUT2D eigenvalue weighted by Gasteiger charge is 2.35. The molecule has 2 heterocycles. The van der Waals surface area contributed by atoms with Crippen LogP contribution in [0.2, 0.25) is 0 Å². The zero-order chi connectivity index (χ0) is 21.4. The van der Waals surface area contributed by atoms with Crippen LogP contribution in [0.1, 0.15) is 24.5 Å². The highest BCUT2D eigenvalue weighted by Crippen LogP contribution is 2.34. The first kappa shape index (κ1) is 20.0. The van der Waals surface area contributed by atoms with Crippen molar-refractivity contribution in [3.05, 3.63) is 59.2 Å². The smallest absolute Gasteiger partial charge is 0.227 e. The van der Waals surface area contributed by atoms with Gasteiger partial charge in [-0.2, -0.15) is 0 Å². The second-order valence-corrected chi connectivity index (χ2v) is 7.63. The zero-order valence-corrected chi connectivity index (χ0v) is 16.5. The Morgan fingerprint density at radius 3 is 2.57 bits per heavy atom. The number of carbonyl (C=O) groups is 3. The quantitative estimate of drug-likeness (QED) is 0.838. The SMILES string of the molecule is CC(=O)N1CCc2cc(N3CC(C(=O)NCc4cc(F)cc(F)c4)CC3=O)ccc21. The third kappa shape index (κ3) is 3.90. The molecule has 2 aromatic rings. The molecule has 1 saturated heterocycles. The van der Waals surface area contributed by atoms with Gasteiger partial charge in [-0.3, -0.25) is 14.4 Å². The molecule has 30 heavy (non-hydrogen) atoms. The Bertz CT molecular complexity index is 1020. The van der Waals surface area contributed by atoms with E-state index in [1.165, 1.54) is 6.92 Å². The van der Waals surface area contributed by atoms with E-state index < -0.39 is 17.6 Å². The van der Waals surface area contributed by atoms with Crippen molar-refractivity contribution in [2.24, 2.45) is 5.92 Å². The minimum atomic E-state index is -0.707. The molecule has 4 rings (SSSR count). The summed E-state index contributed by atoms with van der Waals surface area (Å²) in [5.74, 6) is -2.47. The standard InChI is InChI=1S/C22H21F2N3O3/c1-13(28)26-5-4-15-8-19(2-3-20(15)26)27-12-16(9-21(27)29)22(30)25-11-14-6-17(23)10-18(24)7-14/h2-3,6-8,10,16H,4-5,9,11-12H2,1H3,(H,25,30). The maximum Gasteiger partial charge on any atom is 0.227 e. The van der Waals surface area contributed by atoms with Gasteiger partial charge < -0.3 is 15.1 Å². The molecule has 0 bridgehead atoms. The van der Waals surface area contributed by atoms with E-state index in [-0.39, 0.29) is 37.2 Å². The van der Waals surface area contributed by atoms with Crippen LogP contribution in [-0.2, 0) is 27.3 Å². The number of nitrogens with zero attached hydrogens (tertiary/aromatic N) is 2. The van der Waals surface area contributed by atoms with Crippen molar-refractivity contribution in [3.63, 3.8) is 0 Å². The van der Waals surface area contributed by atoms with Crippen LogP contribution < -0.4 is 15.1 Å². The van der Waals surface area contributed by atoms with Crippen molar-refractivity contribution >= 4 is 29.1 Å². The van der Waals surface area contributed by atoms with Crippen LogP contribution in [0.15, 0.2) is 36.4 Å². The van der Waals surface area contributed by atoms with Gasteiger partial charge in [0.1, 0.15) is 11.6 Å². The number of carbonyl (C=O) groups excluding carboxylic acids is 3. The Morgan fingerprint density at radius 1 is 1.13 bits per heavy atom. The number of fused-ring (bicyclic) bond motifs is 1. The Labute approximate surface area is 172 Å². The highest BCUT2D eigenvalue weighted by atomic mass is 19.1. The molecule has 0 saturated carbocycles. The van der Waals surface area contributed by atoms with Gasteiger partial charge in [-0.25, -0.2) is 8.78 Å². The molecule has 156 valence electrons. The number of nitrogens with one attached hydrogen (secondary N) is 1. The largest absolute Gasteiger partial charge is 0.352 e. The third-order valence-electron chi connectivity index (χ3n) is 5.54. The van der Waals surface area contributed by atoms with Crippen LogP contribution >= 0.6 is 0 Å². The third-order valence-corrected chi connectivity index (χ3v) is 5.54. The minimum absolute atomic E-state index is 0.0159. The van der Waals surface area contributed by atoms with Crippen molar-refractivity contribution in [1.82, 2.24) is 5.32 Å². The number of hydrogen-bond donors (Lipinski definition) is 1. The summed E-state index contributed by atoms with van der Waals surface area (Å²) in [6.07, 6.45) is 0.791. The van der Waals surface area contributed by atoms with Gasteiger partial charge in [0.05, 0.1) is 5.92 Å². The van der Waals surface area contributed by atoms with E-state index in [9.17, 15) is 23.2 Å². The van der Waals surface area contributed by atoms with Crippen molar-refractivity contribution in [3.8, 4) is 0 Å². The lowest BCUT2D eigenvalue weighted by Gasteiger charge is -2.19. The normalized spacial score (nSPS) is 18.0. The number of hydrogen-bond acceptors (Lipinski definition) is 3. The molecule has 0 aliphatic carbocycles. The average molecular weight is 413 g/mol. The van der Waals surface area contributed by atoms with E-state index in [1.807, 2.05) is 12.1 Å². The van der Waals surface area contributed by atoms with Crippen LogP contribution in [0.4, 0.5) is 20.2 Å². The Hall–Kier alpha value is -3.29. The summed E-state index contributed by atoms with van der Waals surface area (Å²) in [6.45, 7) is 2.36. The van der Waals surface area contributed by atoms with E-state index in [2.05, 4.69) is 5.32 Å². The summed E-state index contributed by atoms with van der Waals surface area (Å²) in [4.78, 5) is 40.0. The van der Waals surface area contributed by atoms with Gasteiger partial charge in [0.2, 0.25) is 17.7 Å². The lowest BCUT2D eigenvalue weighted by molar-refractivity contribution is -0.126. The second-order valence-electron chi connectivity index (χ2n) is 7.63. The van der Waals surface area contributed by atoms with Crippen LogP contribution in [-0.4, -0.2) is 30.8 Å².